The molecule has 2 aromatic rings. The maximum absolute atomic E-state index is 6.17. The third-order valence-corrected chi connectivity index (χ3v) is 3.96. The fourth-order valence-corrected chi connectivity index (χ4v) is 2.77. The summed E-state index contributed by atoms with van der Waals surface area (Å²) < 4.78 is 5.97. The number of benzene rings is 1. The second kappa shape index (κ2) is 6.64. The van der Waals surface area contributed by atoms with E-state index in [9.17, 15) is 0 Å². The fourth-order valence-electron chi connectivity index (χ4n) is 2.77. The van der Waals surface area contributed by atoms with Crippen LogP contribution in [0.4, 0.5) is 17.2 Å². The zero-order valence-electron chi connectivity index (χ0n) is 12.9. The van der Waals surface area contributed by atoms with Crippen LogP contribution < -0.4 is 15.8 Å². The van der Waals surface area contributed by atoms with Gasteiger partial charge in [0.1, 0.15) is 18.1 Å². The Morgan fingerprint density at radius 1 is 1.18 bits per heavy atom. The molecule has 5 nitrogen and oxygen atoms in total. The molecule has 116 valence electrons. The van der Waals surface area contributed by atoms with Crippen molar-refractivity contribution >= 4 is 17.2 Å². The Kier molecular flexibility index (Phi) is 4.42. The first-order valence-corrected chi connectivity index (χ1v) is 7.83. The van der Waals surface area contributed by atoms with Crippen molar-refractivity contribution in [1.82, 2.24) is 9.97 Å². The van der Waals surface area contributed by atoms with Gasteiger partial charge >= 0.3 is 0 Å². The fraction of sp³-hybridized carbons (Fsp3) is 0.412. The molecular formula is C17H22N4O. The molecule has 0 atom stereocenters. The number of nitrogens with one attached hydrogen (secondary N) is 1. The molecule has 0 spiro atoms. The molecule has 1 fully saturated rings. The molecule has 1 heterocycles. The minimum Gasteiger partial charge on any atom is -0.473 e. The van der Waals surface area contributed by atoms with E-state index in [1.165, 1.54) is 31.2 Å². The molecule has 1 aromatic heterocycles. The van der Waals surface area contributed by atoms with E-state index in [-0.39, 0.29) is 6.10 Å². The average Bonchev–Trinajstić information content (AvgIpc) is 2.52. The minimum atomic E-state index is 0.220. The summed E-state index contributed by atoms with van der Waals surface area (Å²) in [6, 6.07) is 8.07. The maximum Gasteiger partial charge on any atom is 0.242 e. The molecule has 1 aliphatic carbocycles. The van der Waals surface area contributed by atoms with Gasteiger partial charge in [-0.05, 0) is 50.3 Å². The zero-order chi connectivity index (χ0) is 15.4. The summed E-state index contributed by atoms with van der Waals surface area (Å²) in [7, 11) is 0. The van der Waals surface area contributed by atoms with Gasteiger partial charge in [0.25, 0.3) is 0 Å². The highest BCUT2D eigenvalue weighted by Gasteiger charge is 2.18. The number of anilines is 3. The average molecular weight is 298 g/mol. The summed E-state index contributed by atoms with van der Waals surface area (Å²) in [6.45, 7) is 2.05. The van der Waals surface area contributed by atoms with Gasteiger partial charge < -0.3 is 15.8 Å². The summed E-state index contributed by atoms with van der Waals surface area (Å²) in [6.07, 6.45) is 7.58. The molecule has 0 unspecified atom stereocenters. The molecule has 1 saturated carbocycles. The van der Waals surface area contributed by atoms with Gasteiger partial charge in [-0.3, -0.25) is 0 Å². The number of hydrogen-bond donors (Lipinski definition) is 2. The molecule has 1 aromatic carbocycles. The van der Waals surface area contributed by atoms with Crippen LogP contribution in [0.1, 0.15) is 37.7 Å². The van der Waals surface area contributed by atoms with Crippen molar-refractivity contribution in [2.45, 2.75) is 45.1 Å². The predicted molar refractivity (Wildman–Crippen MR) is 88.4 cm³/mol. The molecule has 0 amide bonds. The lowest BCUT2D eigenvalue weighted by Gasteiger charge is -2.23. The number of aryl methyl sites for hydroxylation is 1. The van der Waals surface area contributed by atoms with E-state index in [2.05, 4.69) is 15.3 Å². The van der Waals surface area contributed by atoms with Crippen molar-refractivity contribution < 1.29 is 4.74 Å². The first kappa shape index (κ1) is 14.6. The van der Waals surface area contributed by atoms with Gasteiger partial charge in [0, 0.05) is 5.69 Å². The Hall–Kier alpha value is -2.30. The second-order valence-corrected chi connectivity index (χ2v) is 5.81. The smallest absolute Gasteiger partial charge is 0.242 e. The van der Waals surface area contributed by atoms with Crippen molar-refractivity contribution in [1.29, 1.82) is 0 Å². The third-order valence-electron chi connectivity index (χ3n) is 3.96. The Labute approximate surface area is 130 Å². The van der Waals surface area contributed by atoms with Gasteiger partial charge in [0.15, 0.2) is 5.82 Å². The normalized spacial score (nSPS) is 15.5. The lowest BCUT2D eigenvalue weighted by atomic mass is 9.98. The minimum absolute atomic E-state index is 0.220. The number of ether oxygens (including phenoxy) is 1. The van der Waals surface area contributed by atoms with Crippen LogP contribution in [0.2, 0.25) is 0 Å². The number of aromatic nitrogens is 2. The highest BCUT2D eigenvalue weighted by atomic mass is 16.5. The highest BCUT2D eigenvalue weighted by molar-refractivity contribution is 5.72. The highest BCUT2D eigenvalue weighted by Crippen LogP contribution is 2.30. The van der Waals surface area contributed by atoms with Crippen molar-refractivity contribution in [3.63, 3.8) is 0 Å². The van der Waals surface area contributed by atoms with E-state index in [1.54, 1.807) is 0 Å². The topological polar surface area (TPSA) is 73.1 Å². The molecular weight excluding hydrogens is 276 g/mol. The van der Waals surface area contributed by atoms with Gasteiger partial charge in [0.2, 0.25) is 5.88 Å². The van der Waals surface area contributed by atoms with Gasteiger partial charge in [-0.15, -0.1) is 0 Å². The lowest BCUT2D eigenvalue weighted by molar-refractivity contribution is 0.149. The van der Waals surface area contributed by atoms with Gasteiger partial charge in [0.05, 0.1) is 0 Å². The third kappa shape index (κ3) is 3.47. The summed E-state index contributed by atoms with van der Waals surface area (Å²) in [5, 5.41) is 3.23. The van der Waals surface area contributed by atoms with Gasteiger partial charge in [-0.2, -0.15) is 4.98 Å². The molecule has 0 radical (unpaired) electrons. The van der Waals surface area contributed by atoms with Crippen molar-refractivity contribution in [2.24, 2.45) is 0 Å². The first-order chi connectivity index (χ1) is 10.7. The first-order valence-electron chi connectivity index (χ1n) is 7.83. The largest absolute Gasteiger partial charge is 0.473 e. The molecule has 3 rings (SSSR count). The predicted octanol–water partition coefficient (Wildman–Crippen LogP) is 3.82. The van der Waals surface area contributed by atoms with E-state index in [1.807, 2.05) is 31.2 Å². The van der Waals surface area contributed by atoms with Gasteiger partial charge in [-0.25, -0.2) is 4.98 Å². The molecule has 3 N–H and O–H groups in total. The van der Waals surface area contributed by atoms with E-state index in [4.69, 9.17) is 10.5 Å². The van der Waals surface area contributed by atoms with Crippen molar-refractivity contribution in [3.05, 3.63) is 36.2 Å². The summed E-state index contributed by atoms with van der Waals surface area (Å²) in [4.78, 5) is 8.42. The van der Waals surface area contributed by atoms with E-state index in [0.29, 0.717) is 17.4 Å². The number of rotatable bonds is 4. The van der Waals surface area contributed by atoms with E-state index in [0.717, 1.165) is 18.5 Å². The monoisotopic (exact) mass is 298 g/mol. The number of hydrogen-bond acceptors (Lipinski definition) is 5. The van der Waals surface area contributed by atoms with Crippen LogP contribution in [-0.4, -0.2) is 16.1 Å². The SMILES string of the molecule is Cc1cccc(Nc2ncnc(OC3CCCCC3)c2N)c1. The van der Waals surface area contributed by atoms with Crippen LogP contribution in [0.5, 0.6) is 5.88 Å². The Bertz CT molecular complexity index is 638. The molecule has 0 aliphatic heterocycles. The number of nitrogens with zero attached hydrogens (tertiary/aromatic N) is 2. The number of nitrogens with two attached hydrogens (primary N) is 1. The molecule has 1 aliphatic rings. The Morgan fingerprint density at radius 3 is 2.77 bits per heavy atom. The quantitative estimate of drug-likeness (QED) is 0.897. The maximum atomic E-state index is 6.17. The van der Waals surface area contributed by atoms with Crippen molar-refractivity contribution in [3.8, 4) is 5.88 Å². The Morgan fingerprint density at radius 2 is 2.00 bits per heavy atom. The van der Waals surface area contributed by atoms with E-state index >= 15 is 0 Å². The molecule has 0 saturated heterocycles. The van der Waals surface area contributed by atoms with Crippen LogP contribution in [-0.2, 0) is 0 Å². The molecule has 5 heteroatoms. The molecule has 0 bridgehead atoms. The van der Waals surface area contributed by atoms with Crippen LogP contribution >= 0.6 is 0 Å². The van der Waals surface area contributed by atoms with Crippen LogP contribution in [0.3, 0.4) is 0 Å². The Balaban J connectivity index is 1.76. The zero-order valence-corrected chi connectivity index (χ0v) is 12.9. The lowest BCUT2D eigenvalue weighted by Crippen LogP contribution is -2.21. The van der Waals surface area contributed by atoms with Crippen LogP contribution in [0.25, 0.3) is 0 Å². The summed E-state index contributed by atoms with van der Waals surface area (Å²) >= 11 is 0. The summed E-state index contributed by atoms with van der Waals surface area (Å²) in [5.74, 6) is 1.07. The van der Waals surface area contributed by atoms with E-state index < -0.39 is 0 Å². The van der Waals surface area contributed by atoms with Crippen molar-refractivity contribution in [2.75, 3.05) is 11.1 Å². The second-order valence-electron chi connectivity index (χ2n) is 5.81. The molecule has 22 heavy (non-hydrogen) atoms. The summed E-state index contributed by atoms with van der Waals surface area (Å²) in [5.41, 5.74) is 8.77. The number of nitrogen functional groups attached to an aromatic ring is 1. The standard InChI is InChI=1S/C17H22N4O/c1-12-6-5-7-13(10-12)21-16-15(18)17(20-11-19-16)22-14-8-3-2-4-9-14/h5-7,10-11,14H,2-4,8-9,18H2,1H3,(H,19,20,21). The van der Waals surface area contributed by atoms with Crippen LogP contribution in [0, 0.1) is 6.92 Å². The van der Waals surface area contributed by atoms with Gasteiger partial charge in [-0.1, -0.05) is 18.6 Å². The van der Waals surface area contributed by atoms with Crippen LogP contribution in [0.15, 0.2) is 30.6 Å².